The molecule has 8 heteroatoms. The van der Waals surface area contributed by atoms with Gasteiger partial charge in [0.15, 0.2) is 6.61 Å². The fourth-order valence-electron chi connectivity index (χ4n) is 3.49. The highest BCUT2D eigenvalue weighted by Gasteiger charge is 2.34. The molecule has 2 aromatic carbocycles. The van der Waals surface area contributed by atoms with Gasteiger partial charge in [0.1, 0.15) is 18.1 Å². The number of nitrogens with zero attached hydrogens (tertiary/aromatic N) is 1. The van der Waals surface area contributed by atoms with Gasteiger partial charge < -0.3 is 20.1 Å². The molecule has 0 saturated heterocycles. The Kier molecular flexibility index (Phi) is 4.84. The molecule has 2 aliphatic rings. The van der Waals surface area contributed by atoms with Crippen molar-refractivity contribution in [1.82, 2.24) is 5.32 Å². The molecular weight excluding hydrogens is 374 g/mol. The summed E-state index contributed by atoms with van der Waals surface area (Å²) in [5, 5.41) is 5.31. The van der Waals surface area contributed by atoms with Gasteiger partial charge in [0.05, 0.1) is 23.8 Å². The number of aryl methyl sites for hydroxylation is 1. The summed E-state index contributed by atoms with van der Waals surface area (Å²) >= 11 is 0. The molecule has 29 heavy (non-hydrogen) atoms. The van der Waals surface area contributed by atoms with Crippen molar-refractivity contribution in [2.75, 3.05) is 30.5 Å². The van der Waals surface area contributed by atoms with Gasteiger partial charge in [-0.05, 0) is 42.8 Å². The first-order valence-corrected chi connectivity index (χ1v) is 9.30. The number of benzene rings is 2. The van der Waals surface area contributed by atoms with E-state index in [2.05, 4.69) is 10.6 Å². The highest BCUT2D eigenvalue weighted by Crippen LogP contribution is 2.37. The van der Waals surface area contributed by atoms with Crippen LogP contribution in [0.1, 0.15) is 22.3 Å². The molecule has 0 aromatic heterocycles. The molecule has 0 aliphatic carbocycles. The van der Waals surface area contributed by atoms with E-state index in [1.807, 2.05) is 25.1 Å². The van der Waals surface area contributed by atoms with Gasteiger partial charge in [-0.25, -0.2) is 0 Å². The van der Waals surface area contributed by atoms with Gasteiger partial charge in [0, 0.05) is 12.6 Å². The number of hydrogen-bond acceptors (Lipinski definition) is 5. The van der Waals surface area contributed by atoms with Gasteiger partial charge in [0.25, 0.3) is 11.8 Å². The Hall–Kier alpha value is -3.55. The van der Waals surface area contributed by atoms with Crippen LogP contribution in [0.3, 0.4) is 0 Å². The van der Waals surface area contributed by atoms with Crippen molar-refractivity contribution < 1.29 is 23.9 Å². The summed E-state index contributed by atoms with van der Waals surface area (Å²) < 4.78 is 11.2. The van der Waals surface area contributed by atoms with Gasteiger partial charge in [-0.1, -0.05) is 6.07 Å². The van der Waals surface area contributed by atoms with Crippen LogP contribution in [0.4, 0.5) is 11.4 Å². The Morgan fingerprint density at radius 2 is 2.00 bits per heavy atom. The Labute approximate surface area is 167 Å². The second-order valence-electron chi connectivity index (χ2n) is 7.04. The third-order valence-electron chi connectivity index (χ3n) is 4.95. The van der Waals surface area contributed by atoms with Crippen molar-refractivity contribution in [2.24, 2.45) is 0 Å². The van der Waals surface area contributed by atoms with E-state index in [1.54, 1.807) is 30.1 Å². The van der Waals surface area contributed by atoms with E-state index in [4.69, 9.17) is 9.47 Å². The summed E-state index contributed by atoms with van der Waals surface area (Å²) in [5.41, 5.74) is 2.45. The van der Waals surface area contributed by atoms with Crippen LogP contribution in [0.25, 0.3) is 0 Å². The van der Waals surface area contributed by atoms with Crippen molar-refractivity contribution in [1.29, 1.82) is 0 Å². The molecule has 2 heterocycles. The molecular formula is C21H21N3O5. The molecule has 0 bridgehead atoms. The van der Waals surface area contributed by atoms with Gasteiger partial charge in [-0.3, -0.25) is 19.3 Å². The van der Waals surface area contributed by atoms with Crippen LogP contribution in [-0.4, -0.2) is 44.0 Å². The van der Waals surface area contributed by atoms with Gasteiger partial charge >= 0.3 is 0 Å². The molecule has 2 aliphatic heterocycles. The Morgan fingerprint density at radius 3 is 2.79 bits per heavy atom. The maximum Gasteiger partial charge on any atom is 0.262 e. The van der Waals surface area contributed by atoms with E-state index < -0.39 is 6.04 Å². The maximum absolute atomic E-state index is 13.5. The largest absolute Gasteiger partial charge is 0.489 e. The quantitative estimate of drug-likeness (QED) is 0.827. The minimum atomic E-state index is -0.459. The third kappa shape index (κ3) is 3.61. The lowest BCUT2D eigenvalue weighted by molar-refractivity contribution is -0.121. The van der Waals surface area contributed by atoms with Crippen molar-refractivity contribution in [2.45, 2.75) is 19.4 Å². The van der Waals surface area contributed by atoms with E-state index >= 15 is 0 Å². The van der Waals surface area contributed by atoms with Gasteiger partial charge in [-0.15, -0.1) is 0 Å². The van der Waals surface area contributed by atoms with Crippen LogP contribution in [-0.2, 0) is 9.59 Å². The first-order valence-electron chi connectivity index (χ1n) is 9.30. The molecule has 2 N–H and O–H groups in total. The number of carbonyl (C=O) groups is 3. The number of ether oxygens (including phenoxy) is 2. The number of fused-ring (bicyclic) bond motifs is 2. The van der Waals surface area contributed by atoms with Crippen LogP contribution >= 0.6 is 0 Å². The number of carbonyl (C=O) groups excluding carboxylic acids is 3. The van der Waals surface area contributed by atoms with Crippen molar-refractivity contribution in [3.63, 3.8) is 0 Å². The Bertz CT molecular complexity index is 1000. The van der Waals surface area contributed by atoms with Gasteiger partial charge in [-0.2, -0.15) is 0 Å². The monoisotopic (exact) mass is 395 g/mol. The fourth-order valence-corrected chi connectivity index (χ4v) is 3.49. The molecule has 1 atom stereocenters. The third-order valence-corrected chi connectivity index (χ3v) is 4.95. The molecule has 4 rings (SSSR count). The van der Waals surface area contributed by atoms with E-state index in [0.717, 1.165) is 5.56 Å². The highest BCUT2D eigenvalue weighted by molar-refractivity contribution is 6.09. The minimum absolute atomic E-state index is 0.0509. The second kappa shape index (κ2) is 7.46. The van der Waals surface area contributed by atoms with Crippen LogP contribution in [0.15, 0.2) is 36.4 Å². The normalized spacial score (nSPS) is 17.2. The predicted octanol–water partition coefficient (Wildman–Crippen LogP) is 1.87. The SMILES string of the molecule is CNC(=O)C[C@H]1COc2cc(C)ccc2N1C(=O)c1ccc2c(c1)NC(=O)CO2. The molecule has 2 aromatic rings. The zero-order valence-corrected chi connectivity index (χ0v) is 16.2. The van der Waals surface area contributed by atoms with E-state index in [0.29, 0.717) is 28.4 Å². The summed E-state index contributed by atoms with van der Waals surface area (Å²) in [4.78, 5) is 38.7. The maximum atomic E-state index is 13.5. The number of nitrogens with one attached hydrogen (secondary N) is 2. The lowest BCUT2D eigenvalue weighted by atomic mass is 10.0. The lowest BCUT2D eigenvalue weighted by Gasteiger charge is -2.37. The number of hydrogen-bond donors (Lipinski definition) is 2. The smallest absolute Gasteiger partial charge is 0.262 e. The average molecular weight is 395 g/mol. The average Bonchev–Trinajstić information content (AvgIpc) is 2.72. The first kappa shape index (κ1) is 18.8. The van der Waals surface area contributed by atoms with Crippen LogP contribution in [0.5, 0.6) is 11.5 Å². The molecule has 0 spiro atoms. The van der Waals surface area contributed by atoms with E-state index in [1.165, 1.54) is 0 Å². The highest BCUT2D eigenvalue weighted by atomic mass is 16.5. The number of amides is 3. The zero-order chi connectivity index (χ0) is 20.5. The standard InChI is InChI=1S/C21H21N3O5/c1-12-3-5-16-18(7-12)28-10-14(9-19(25)22-2)24(16)21(27)13-4-6-17-15(8-13)23-20(26)11-29-17/h3-8,14H,9-11H2,1-2H3,(H,22,25)(H,23,26)/t14-/m0/s1. The Morgan fingerprint density at radius 1 is 1.17 bits per heavy atom. The molecule has 0 radical (unpaired) electrons. The van der Waals surface area contributed by atoms with Crippen LogP contribution in [0, 0.1) is 6.92 Å². The van der Waals surface area contributed by atoms with Crippen LogP contribution in [0.2, 0.25) is 0 Å². The summed E-state index contributed by atoms with van der Waals surface area (Å²) in [6.45, 7) is 2.10. The van der Waals surface area contributed by atoms with Crippen molar-refractivity contribution >= 4 is 29.1 Å². The van der Waals surface area contributed by atoms with E-state index in [9.17, 15) is 14.4 Å². The molecule has 3 amide bonds. The Balaban J connectivity index is 1.72. The number of anilines is 2. The second-order valence-corrected chi connectivity index (χ2v) is 7.04. The van der Waals surface area contributed by atoms with Crippen LogP contribution < -0.4 is 25.0 Å². The summed E-state index contributed by atoms with van der Waals surface area (Å²) in [6, 6.07) is 10.0. The molecule has 0 unspecified atom stereocenters. The lowest BCUT2D eigenvalue weighted by Crippen LogP contribution is -2.49. The predicted molar refractivity (Wildman–Crippen MR) is 107 cm³/mol. The van der Waals surface area contributed by atoms with Gasteiger partial charge in [0.2, 0.25) is 5.91 Å². The summed E-state index contributed by atoms with van der Waals surface area (Å²) in [6.07, 6.45) is 0.111. The molecule has 8 nitrogen and oxygen atoms in total. The number of rotatable bonds is 3. The molecule has 0 fully saturated rings. The summed E-state index contributed by atoms with van der Waals surface area (Å²) in [7, 11) is 1.56. The van der Waals surface area contributed by atoms with Crippen molar-refractivity contribution in [3.8, 4) is 11.5 Å². The molecule has 150 valence electrons. The summed E-state index contributed by atoms with van der Waals surface area (Å²) in [5.74, 6) is 0.377. The van der Waals surface area contributed by atoms with E-state index in [-0.39, 0.29) is 37.4 Å². The minimum Gasteiger partial charge on any atom is -0.489 e. The molecule has 0 saturated carbocycles. The zero-order valence-electron chi connectivity index (χ0n) is 16.2. The first-order chi connectivity index (χ1) is 14.0. The van der Waals surface area contributed by atoms with Crippen molar-refractivity contribution in [3.05, 3.63) is 47.5 Å². The fraction of sp³-hybridized carbons (Fsp3) is 0.286. The topological polar surface area (TPSA) is 97.0 Å².